The van der Waals surface area contributed by atoms with Gasteiger partial charge in [-0.1, -0.05) is 0 Å². The summed E-state index contributed by atoms with van der Waals surface area (Å²) >= 11 is 0. The third-order valence-electron chi connectivity index (χ3n) is 5.58. The van der Waals surface area contributed by atoms with Gasteiger partial charge >= 0.3 is 11.3 Å². The van der Waals surface area contributed by atoms with Gasteiger partial charge in [0.1, 0.15) is 47.4 Å². The summed E-state index contributed by atoms with van der Waals surface area (Å²) in [5.74, 6) is -0.537. The molecule has 10 nitrogen and oxygen atoms in total. The number of aromatic hydroxyl groups is 3. The number of ether oxygens (including phenoxy) is 2. The normalized spacial score (nSPS) is 25.7. The number of benzene rings is 2. The average Bonchev–Trinajstić information content (AvgIpc) is 2.79. The zero-order valence-corrected chi connectivity index (χ0v) is 16.9. The van der Waals surface area contributed by atoms with Crippen LogP contribution < -0.4 is 4.74 Å². The number of hydrogen-bond acceptors (Lipinski definition) is 9. The highest BCUT2D eigenvalue weighted by Crippen LogP contribution is 2.46. The fourth-order valence-electron chi connectivity index (χ4n) is 3.83. The van der Waals surface area contributed by atoms with Gasteiger partial charge in [0.05, 0.1) is 30.9 Å². The number of hydrogen-bond donors (Lipinski definition) is 7. The topological polar surface area (TPSA) is 171 Å². The molecule has 0 aliphatic carbocycles. The maximum absolute atomic E-state index is 11.0. The van der Waals surface area contributed by atoms with E-state index in [1.54, 1.807) is 12.1 Å². The Morgan fingerprint density at radius 1 is 0.938 bits per heavy atom. The van der Waals surface area contributed by atoms with Crippen LogP contribution in [0, 0.1) is 0 Å². The summed E-state index contributed by atoms with van der Waals surface area (Å²) in [5.41, 5.74) is 0.693. The number of aliphatic hydroxyl groups is 4. The van der Waals surface area contributed by atoms with Gasteiger partial charge in [0.2, 0.25) is 0 Å². The minimum absolute atomic E-state index is 0.0159. The maximum atomic E-state index is 11.0. The molecule has 0 spiro atoms. The number of phenolic OH excluding ortho intramolecular Hbond substituents is 3. The van der Waals surface area contributed by atoms with E-state index >= 15 is 0 Å². The summed E-state index contributed by atoms with van der Waals surface area (Å²) in [6, 6.07) is 8.70. The minimum atomic E-state index is -1.63. The van der Waals surface area contributed by atoms with Crippen LogP contribution in [0.15, 0.2) is 40.8 Å². The Kier molecular flexibility index (Phi) is 5.80. The lowest BCUT2D eigenvalue weighted by Gasteiger charge is -2.40. The van der Waals surface area contributed by atoms with E-state index in [1.165, 1.54) is 31.4 Å². The van der Waals surface area contributed by atoms with E-state index in [0.717, 1.165) is 0 Å². The molecule has 1 fully saturated rings. The first kappa shape index (κ1) is 22.1. The number of phenols is 3. The molecular formula is C22H23O10+. The molecule has 2 heterocycles. The number of aliphatic hydroxyl groups excluding tert-OH is 4. The molecule has 10 heteroatoms. The summed E-state index contributed by atoms with van der Waals surface area (Å²) in [4.78, 5) is 0. The van der Waals surface area contributed by atoms with Crippen molar-refractivity contribution >= 4 is 11.0 Å². The van der Waals surface area contributed by atoms with Crippen LogP contribution >= 0.6 is 0 Å². The summed E-state index contributed by atoms with van der Waals surface area (Å²) < 4.78 is 16.8. The second kappa shape index (κ2) is 8.41. The average molecular weight is 447 g/mol. The SMILES string of the molecule is COc1cc2[o+]c(-c3ccc(O)c(O)c3)ccc2c(O)c1[C@@H]1O[C@H](CO)[C@@H](O)[C@H](O)[C@H]1O. The molecule has 170 valence electrons. The third kappa shape index (κ3) is 3.57. The van der Waals surface area contributed by atoms with Crippen molar-refractivity contribution in [3.63, 3.8) is 0 Å². The van der Waals surface area contributed by atoms with Crippen molar-refractivity contribution in [1.29, 1.82) is 0 Å². The molecule has 2 aromatic carbocycles. The lowest BCUT2D eigenvalue weighted by molar-refractivity contribution is -0.232. The van der Waals surface area contributed by atoms with Crippen LogP contribution in [0.3, 0.4) is 0 Å². The summed E-state index contributed by atoms with van der Waals surface area (Å²) in [7, 11) is 1.33. The molecule has 32 heavy (non-hydrogen) atoms. The van der Waals surface area contributed by atoms with Crippen LogP contribution in [0.1, 0.15) is 11.7 Å². The zero-order valence-electron chi connectivity index (χ0n) is 16.9. The molecule has 0 saturated carbocycles. The van der Waals surface area contributed by atoms with Crippen LogP contribution in [0.4, 0.5) is 0 Å². The molecule has 0 amide bonds. The summed E-state index contributed by atoms with van der Waals surface area (Å²) in [6.45, 7) is -0.615. The molecule has 7 N–H and O–H groups in total. The molecule has 0 unspecified atom stereocenters. The quantitative estimate of drug-likeness (QED) is 0.226. The van der Waals surface area contributed by atoms with E-state index in [9.17, 15) is 35.7 Å². The highest BCUT2D eigenvalue weighted by Gasteiger charge is 2.46. The van der Waals surface area contributed by atoms with Crippen molar-refractivity contribution in [2.45, 2.75) is 30.5 Å². The molecule has 1 saturated heterocycles. The Bertz CT molecular complexity index is 1150. The van der Waals surface area contributed by atoms with E-state index in [-0.39, 0.29) is 39.5 Å². The van der Waals surface area contributed by atoms with Gasteiger partial charge in [0.15, 0.2) is 11.5 Å². The summed E-state index contributed by atoms with van der Waals surface area (Å²) in [5, 5.41) is 70.6. The van der Waals surface area contributed by atoms with E-state index in [1.807, 2.05) is 0 Å². The second-order valence-electron chi connectivity index (χ2n) is 7.51. The molecule has 3 aromatic rings. The first-order valence-electron chi connectivity index (χ1n) is 9.76. The predicted molar refractivity (Wildman–Crippen MR) is 110 cm³/mol. The van der Waals surface area contributed by atoms with Gasteiger partial charge in [-0.3, -0.25) is 0 Å². The summed E-state index contributed by atoms with van der Waals surface area (Å²) in [6.07, 6.45) is -7.24. The van der Waals surface area contributed by atoms with Gasteiger partial charge in [-0.15, -0.1) is 0 Å². The molecular weight excluding hydrogens is 424 g/mol. The van der Waals surface area contributed by atoms with Crippen molar-refractivity contribution in [3.8, 4) is 34.3 Å². The molecule has 0 radical (unpaired) electrons. The van der Waals surface area contributed by atoms with Gasteiger partial charge in [-0.25, -0.2) is 4.42 Å². The predicted octanol–water partition coefficient (Wildman–Crippen LogP) is 1.02. The monoisotopic (exact) mass is 447 g/mol. The fourth-order valence-corrected chi connectivity index (χ4v) is 3.83. The lowest BCUT2D eigenvalue weighted by Crippen LogP contribution is -2.55. The Balaban J connectivity index is 1.83. The highest BCUT2D eigenvalue weighted by atomic mass is 16.5. The van der Waals surface area contributed by atoms with Gasteiger partial charge in [0, 0.05) is 12.1 Å². The standard InChI is InChI=1S/C22H22O10/c1-30-15-7-14-10(3-5-13(31-14)9-2-4-11(24)12(25)6-9)18(26)17(15)22-21(29)20(28)19(27)16(8-23)32-22/h2-7,16,19-23,27-29H,8H2,1H3,(H2-,24,25,26)/p+1/t16-,19-,20+,21-,22+/m1/s1. The van der Waals surface area contributed by atoms with E-state index in [0.29, 0.717) is 11.3 Å². The third-order valence-corrected chi connectivity index (χ3v) is 5.58. The van der Waals surface area contributed by atoms with Crippen molar-refractivity contribution in [2.24, 2.45) is 0 Å². The van der Waals surface area contributed by atoms with Crippen molar-refractivity contribution in [3.05, 3.63) is 42.0 Å². The Labute approximate surface area is 181 Å². The smallest absolute Gasteiger partial charge is 0.368 e. The van der Waals surface area contributed by atoms with E-state index < -0.39 is 37.1 Å². The highest BCUT2D eigenvalue weighted by molar-refractivity contribution is 5.88. The van der Waals surface area contributed by atoms with Gasteiger partial charge in [-0.05, 0) is 18.2 Å². The van der Waals surface area contributed by atoms with Crippen molar-refractivity contribution < 1.29 is 49.6 Å². The van der Waals surface area contributed by atoms with Gasteiger partial charge in [0.25, 0.3) is 0 Å². The van der Waals surface area contributed by atoms with Crippen LogP contribution in [0.25, 0.3) is 22.3 Å². The van der Waals surface area contributed by atoms with E-state index in [2.05, 4.69) is 0 Å². The zero-order chi connectivity index (χ0) is 23.2. The first-order chi connectivity index (χ1) is 15.3. The van der Waals surface area contributed by atoms with Crippen LogP contribution in [0.2, 0.25) is 0 Å². The number of fused-ring (bicyclic) bond motifs is 1. The molecule has 1 aromatic heterocycles. The fraction of sp³-hybridized carbons (Fsp3) is 0.318. The molecule has 5 atom stereocenters. The van der Waals surface area contributed by atoms with Crippen molar-refractivity contribution in [2.75, 3.05) is 13.7 Å². The second-order valence-corrected chi connectivity index (χ2v) is 7.51. The largest absolute Gasteiger partial charge is 0.506 e. The van der Waals surface area contributed by atoms with Crippen LogP contribution in [0.5, 0.6) is 23.0 Å². The lowest BCUT2D eigenvalue weighted by atomic mass is 9.89. The van der Waals surface area contributed by atoms with Crippen LogP contribution in [-0.2, 0) is 4.74 Å². The van der Waals surface area contributed by atoms with Crippen LogP contribution in [-0.4, -0.2) is 73.9 Å². The molecule has 0 bridgehead atoms. The minimum Gasteiger partial charge on any atom is -0.506 e. The Morgan fingerprint density at radius 2 is 1.69 bits per heavy atom. The Hall–Kier alpha value is -3.15. The first-order valence-corrected chi connectivity index (χ1v) is 9.76. The number of methoxy groups -OCH3 is 1. The number of rotatable bonds is 4. The Morgan fingerprint density at radius 3 is 2.34 bits per heavy atom. The van der Waals surface area contributed by atoms with Gasteiger partial charge < -0.3 is 45.2 Å². The molecule has 4 rings (SSSR count). The van der Waals surface area contributed by atoms with Gasteiger partial charge in [-0.2, -0.15) is 0 Å². The van der Waals surface area contributed by atoms with E-state index in [4.69, 9.17) is 13.9 Å². The van der Waals surface area contributed by atoms with Crippen molar-refractivity contribution in [1.82, 2.24) is 0 Å². The maximum Gasteiger partial charge on any atom is 0.368 e. The molecule has 1 aliphatic heterocycles. The molecule has 1 aliphatic rings.